The van der Waals surface area contributed by atoms with Crippen LogP contribution >= 0.6 is 0 Å². The maximum absolute atomic E-state index is 10.1. The van der Waals surface area contributed by atoms with Gasteiger partial charge in [0.1, 0.15) is 36.2 Å². The van der Waals surface area contributed by atoms with Crippen LogP contribution in [0.2, 0.25) is 0 Å². The van der Waals surface area contributed by atoms with Gasteiger partial charge in [0.15, 0.2) is 11.4 Å². The van der Waals surface area contributed by atoms with Gasteiger partial charge in [-0.25, -0.2) is 9.50 Å². The first-order valence-electron chi connectivity index (χ1n) is 6.01. The van der Waals surface area contributed by atoms with E-state index in [1.807, 2.05) is 6.07 Å². The summed E-state index contributed by atoms with van der Waals surface area (Å²) < 4.78 is 7.01. The summed E-state index contributed by atoms with van der Waals surface area (Å²) in [5.41, 5.74) is 5.33. The molecule has 0 radical (unpaired) electrons. The van der Waals surface area contributed by atoms with Crippen LogP contribution in [0.25, 0.3) is 5.52 Å². The van der Waals surface area contributed by atoms with Crippen molar-refractivity contribution >= 4 is 11.3 Å². The molecule has 1 aliphatic heterocycles. The minimum Gasteiger partial charge on any atom is -0.387 e. The number of rotatable bonds is 1. The van der Waals surface area contributed by atoms with Crippen LogP contribution in [0.3, 0.4) is 0 Å². The number of nitrogens with zero attached hydrogens (tertiary/aromatic N) is 4. The second-order valence-electron chi connectivity index (χ2n) is 4.89. The third-order valence-electron chi connectivity index (χ3n) is 3.59. The van der Waals surface area contributed by atoms with Crippen LogP contribution in [-0.4, -0.2) is 42.6 Å². The molecule has 8 heteroatoms. The van der Waals surface area contributed by atoms with Crippen LogP contribution in [0.5, 0.6) is 0 Å². The lowest BCUT2D eigenvalue weighted by molar-refractivity contribution is -0.0320. The van der Waals surface area contributed by atoms with Crippen LogP contribution in [0.1, 0.15) is 18.7 Å². The van der Waals surface area contributed by atoms with Crippen molar-refractivity contribution in [2.45, 2.75) is 30.8 Å². The molecule has 0 aromatic carbocycles. The largest absolute Gasteiger partial charge is 0.387 e. The zero-order valence-electron chi connectivity index (χ0n) is 10.6. The number of nitrogen functional groups attached to an aromatic ring is 1. The van der Waals surface area contributed by atoms with Gasteiger partial charge < -0.3 is 20.7 Å². The number of aliphatic hydroxyl groups excluding tert-OH is 2. The van der Waals surface area contributed by atoms with E-state index in [2.05, 4.69) is 10.1 Å². The van der Waals surface area contributed by atoms with Crippen molar-refractivity contribution in [2.75, 3.05) is 5.73 Å². The minimum atomic E-state index is -1.47. The fourth-order valence-corrected chi connectivity index (χ4v) is 2.41. The fraction of sp³-hybridized carbons (Fsp3) is 0.417. The SMILES string of the molecule is C[C@@]1(C#N)OC(c2ccc3c(N)ncnn23)[C@H](O)[C@@H]1O. The summed E-state index contributed by atoms with van der Waals surface area (Å²) in [4.78, 5) is 3.87. The Morgan fingerprint density at radius 3 is 2.90 bits per heavy atom. The number of ether oxygens (including phenoxy) is 1. The molecule has 3 rings (SSSR count). The standard InChI is InChI=1S/C12H13N5O3/c1-12(4-13)10(19)8(18)9(20-12)6-2-3-7-11(14)15-5-16-17(6)7/h2-3,5,8-10,18-19H,1H3,(H2,14,15,16)/t8-,9?,10-,12-/m0/s1. The number of aliphatic hydroxyl groups is 2. The smallest absolute Gasteiger partial charge is 0.180 e. The van der Waals surface area contributed by atoms with Crippen LogP contribution in [-0.2, 0) is 4.74 Å². The van der Waals surface area contributed by atoms with E-state index < -0.39 is 23.9 Å². The molecular weight excluding hydrogens is 262 g/mol. The van der Waals surface area contributed by atoms with Gasteiger partial charge in [-0.05, 0) is 19.1 Å². The maximum Gasteiger partial charge on any atom is 0.180 e. The molecule has 3 heterocycles. The highest BCUT2D eigenvalue weighted by Crippen LogP contribution is 2.40. The summed E-state index contributed by atoms with van der Waals surface area (Å²) in [5, 5.41) is 33.2. The molecule has 1 aliphatic rings. The van der Waals surface area contributed by atoms with E-state index in [1.54, 1.807) is 12.1 Å². The maximum atomic E-state index is 10.1. The number of hydrogen-bond acceptors (Lipinski definition) is 7. The van der Waals surface area contributed by atoms with Gasteiger partial charge in [0.25, 0.3) is 0 Å². The van der Waals surface area contributed by atoms with Crippen molar-refractivity contribution in [3.05, 3.63) is 24.2 Å². The van der Waals surface area contributed by atoms with Gasteiger partial charge in [0.2, 0.25) is 0 Å². The quantitative estimate of drug-likeness (QED) is 0.632. The summed E-state index contributed by atoms with van der Waals surface area (Å²) in [6.45, 7) is 1.43. The number of fused-ring (bicyclic) bond motifs is 1. The molecular formula is C12H13N5O3. The summed E-state index contributed by atoms with van der Waals surface area (Å²) in [5.74, 6) is 0.294. The first-order chi connectivity index (χ1) is 9.48. The third-order valence-corrected chi connectivity index (χ3v) is 3.59. The van der Waals surface area contributed by atoms with Gasteiger partial charge in [0, 0.05) is 0 Å². The van der Waals surface area contributed by atoms with E-state index in [1.165, 1.54) is 17.8 Å². The lowest BCUT2D eigenvalue weighted by Gasteiger charge is -2.18. The number of nitrogens with two attached hydrogens (primary N) is 1. The van der Waals surface area contributed by atoms with E-state index in [-0.39, 0.29) is 0 Å². The predicted molar refractivity (Wildman–Crippen MR) is 67.3 cm³/mol. The fourth-order valence-electron chi connectivity index (χ4n) is 2.41. The number of nitriles is 1. The lowest BCUT2D eigenvalue weighted by atomic mass is 9.97. The Hall–Kier alpha value is -2.21. The molecule has 2 aromatic heterocycles. The average Bonchev–Trinajstić information content (AvgIpc) is 2.96. The molecule has 0 bridgehead atoms. The Kier molecular flexibility index (Phi) is 2.65. The second kappa shape index (κ2) is 4.14. The van der Waals surface area contributed by atoms with Crippen LogP contribution in [0.15, 0.2) is 18.5 Å². The Bertz CT molecular complexity index is 709. The summed E-state index contributed by atoms with van der Waals surface area (Å²) in [6, 6.07) is 5.23. The Balaban J connectivity index is 2.09. The predicted octanol–water partition coefficient (Wildman–Crippen LogP) is -0.613. The number of anilines is 1. The highest BCUT2D eigenvalue weighted by Gasteiger charge is 2.53. The monoisotopic (exact) mass is 275 g/mol. The average molecular weight is 275 g/mol. The third kappa shape index (κ3) is 1.58. The van der Waals surface area contributed by atoms with Gasteiger partial charge >= 0.3 is 0 Å². The first kappa shape index (κ1) is 12.8. The second-order valence-corrected chi connectivity index (χ2v) is 4.89. The minimum absolute atomic E-state index is 0.294. The van der Waals surface area contributed by atoms with Crippen molar-refractivity contribution < 1.29 is 14.9 Å². The summed E-state index contributed by atoms with van der Waals surface area (Å²) in [7, 11) is 0. The highest BCUT2D eigenvalue weighted by atomic mass is 16.6. The molecule has 20 heavy (non-hydrogen) atoms. The Morgan fingerprint density at radius 2 is 2.25 bits per heavy atom. The topological polar surface area (TPSA) is 130 Å². The van der Waals surface area contributed by atoms with Gasteiger partial charge in [-0.15, -0.1) is 0 Å². The van der Waals surface area contributed by atoms with Crippen molar-refractivity contribution in [1.29, 1.82) is 5.26 Å². The summed E-state index contributed by atoms with van der Waals surface area (Å²) in [6.07, 6.45) is -2.12. The first-order valence-corrected chi connectivity index (χ1v) is 6.01. The molecule has 2 aromatic rings. The molecule has 8 nitrogen and oxygen atoms in total. The normalized spacial score (nSPS) is 33.4. The van der Waals surface area contributed by atoms with Crippen molar-refractivity contribution in [1.82, 2.24) is 14.6 Å². The van der Waals surface area contributed by atoms with Crippen molar-refractivity contribution in [3.8, 4) is 6.07 Å². The van der Waals surface area contributed by atoms with E-state index >= 15 is 0 Å². The Morgan fingerprint density at radius 1 is 1.50 bits per heavy atom. The van der Waals surface area contributed by atoms with Crippen LogP contribution in [0.4, 0.5) is 5.82 Å². The molecule has 4 N–H and O–H groups in total. The Labute approximate surface area is 114 Å². The summed E-state index contributed by atoms with van der Waals surface area (Å²) >= 11 is 0. The van der Waals surface area contributed by atoms with Crippen molar-refractivity contribution in [2.24, 2.45) is 0 Å². The van der Waals surface area contributed by atoms with Gasteiger partial charge in [-0.3, -0.25) is 0 Å². The molecule has 0 saturated carbocycles. The van der Waals surface area contributed by atoms with E-state index in [9.17, 15) is 10.2 Å². The van der Waals surface area contributed by atoms with E-state index in [0.29, 0.717) is 17.0 Å². The highest BCUT2D eigenvalue weighted by molar-refractivity contribution is 5.65. The van der Waals surface area contributed by atoms with E-state index in [4.69, 9.17) is 15.7 Å². The molecule has 0 amide bonds. The van der Waals surface area contributed by atoms with E-state index in [0.717, 1.165) is 0 Å². The molecule has 4 atom stereocenters. The molecule has 104 valence electrons. The van der Waals surface area contributed by atoms with Crippen LogP contribution in [0, 0.1) is 11.3 Å². The molecule has 1 fully saturated rings. The van der Waals surface area contributed by atoms with Crippen molar-refractivity contribution in [3.63, 3.8) is 0 Å². The van der Waals surface area contributed by atoms with Crippen LogP contribution < -0.4 is 5.73 Å². The van der Waals surface area contributed by atoms with Gasteiger partial charge in [-0.1, -0.05) is 0 Å². The zero-order chi connectivity index (χ0) is 14.5. The number of aromatic nitrogens is 3. The molecule has 0 aliphatic carbocycles. The number of hydrogen-bond donors (Lipinski definition) is 3. The van der Waals surface area contributed by atoms with Gasteiger partial charge in [0.05, 0.1) is 5.69 Å². The molecule has 0 spiro atoms. The molecule has 1 saturated heterocycles. The molecule has 1 unspecified atom stereocenters. The van der Waals surface area contributed by atoms with Gasteiger partial charge in [-0.2, -0.15) is 10.4 Å². The zero-order valence-corrected chi connectivity index (χ0v) is 10.6. The lowest BCUT2D eigenvalue weighted by Crippen LogP contribution is -2.38.